The molecule has 1 aliphatic carbocycles. The molecular formula is C19H19NO. The molecule has 2 heteroatoms. The first-order valence-electron chi connectivity index (χ1n) is 7.36. The number of amides is 1. The van der Waals surface area contributed by atoms with Gasteiger partial charge in [-0.05, 0) is 35.1 Å². The number of hydrogen-bond donors (Lipinski definition) is 1. The van der Waals surface area contributed by atoms with Crippen molar-refractivity contribution >= 4 is 5.91 Å². The lowest BCUT2D eigenvalue weighted by Gasteiger charge is -1.98. The lowest BCUT2D eigenvalue weighted by atomic mass is 10.1. The molecule has 1 atom stereocenters. The van der Waals surface area contributed by atoms with Gasteiger partial charge in [0.1, 0.15) is 0 Å². The van der Waals surface area contributed by atoms with Gasteiger partial charge in [-0.2, -0.15) is 0 Å². The largest absolute Gasteiger partial charge is 0.356 e. The molecule has 2 aromatic rings. The van der Waals surface area contributed by atoms with E-state index in [1.54, 1.807) is 6.08 Å². The molecule has 2 aromatic carbocycles. The summed E-state index contributed by atoms with van der Waals surface area (Å²) >= 11 is 0. The molecule has 106 valence electrons. The predicted molar refractivity (Wildman–Crippen MR) is 86.0 cm³/mol. The van der Waals surface area contributed by atoms with Crippen LogP contribution in [0.15, 0.2) is 61.2 Å². The van der Waals surface area contributed by atoms with Crippen molar-refractivity contribution in [3.8, 4) is 11.1 Å². The zero-order chi connectivity index (χ0) is 14.7. The molecule has 2 aliphatic rings. The maximum absolute atomic E-state index is 10.6. The van der Waals surface area contributed by atoms with Crippen LogP contribution in [0.25, 0.3) is 11.1 Å². The van der Waals surface area contributed by atoms with Gasteiger partial charge in [0.15, 0.2) is 0 Å². The quantitative estimate of drug-likeness (QED) is 0.677. The van der Waals surface area contributed by atoms with Crippen LogP contribution >= 0.6 is 0 Å². The molecule has 0 radical (unpaired) electrons. The second kappa shape index (κ2) is 5.96. The summed E-state index contributed by atoms with van der Waals surface area (Å²) in [6.45, 7) is 4.35. The first kappa shape index (κ1) is 13.6. The van der Waals surface area contributed by atoms with Crippen molar-refractivity contribution in [2.24, 2.45) is 5.92 Å². The molecular weight excluding hydrogens is 258 g/mol. The summed E-state index contributed by atoms with van der Waals surface area (Å²) in [6.07, 6.45) is 3.72. The van der Waals surface area contributed by atoms with E-state index in [-0.39, 0.29) is 11.8 Å². The Morgan fingerprint density at radius 3 is 2.00 bits per heavy atom. The van der Waals surface area contributed by atoms with E-state index in [0.717, 1.165) is 19.4 Å². The SMILES string of the molecule is C=CC1CCNC1=O.c1ccc2c(c1)Cc1ccccc1-2. The van der Waals surface area contributed by atoms with Crippen molar-refractivity contribution < 1.29 is 4.79 Å². The van der Waals surface area contributed by atoms with E-state index < -0.39 is 0 Å². The minimum Gasteiger partial charge on any atom is -0.356 e. The third-order valence-electron chi connectivity index (χ3n) is 4.08. The average molecular weight is 277 g/mol. The molecule has 1 saturated heterocycles. The summed E-state index contributed by atoms with van der Waals surface area (Å²) in [5.41, 5.74) is 5.75. The van der Waals surface area contributed by atoms with E-state index in [1.165, 1.54) is 22.3 Å². The minimum atomic E-state index is 0.0787. The van der Waals surface area contributed by atoms with Gasteiger partial charge in [-0.3, -0.25) is 4.79 Å². The van der Waals surface area contributed by atoms with Crippen molar-refractivity contribution in [3.63, 3.8) is 0 Å². The number of hydrogen-bond acceptors (Lipinski definition) is 1. The summed E-state index contributed by atoms with van der Waals surface area (Å²) < 4.78 is 0. The standard InChI is InChI=1S/C13H10.C6H9NO/c1-3-7-12-10(5-1)9-11-6-2-4-8-13(11)12;1-2-5-3-4-7-6(5)8/h1-8H,9H2;2,5H,1,3-4H2,(H,7,8). The monoisotopic (exact) mass is 277 g/mol. The van der Waals surface area contributed by atoms with Crippen LogP contribution in [0.5, 0.6) is 0 Å². The average Bonchev–Trinajstić information content (AvgIpc) is 3.10. The van der Waals surface area contributed by atoms with Gasteiger partial charge < -0.3 is 5.32 Å². The van der Waals surface area contributed by atoms with Gasteiger partial charge in [0, 0.05) is 6.54 Å². The van der Waals surface area contributed by atoms with Crippen LogP contribution < -0.4 is 5.32 Å². The fourth-order valence-corrected chi connectivity index (χ4v) is 2.92. The second-order valence-electron chi connectivity index (χ2n) is 5.41. The summed E-state index contributed by atoms with van der Waals surface area (Å²) in [6, 6.07) is 17.3. The molecule has 4 rings (SSSR count). The van der Waals surface area contributed by atoms with Gasteiger partial charge in [-0.25, -0.2) is 0 Å². The van der Waals surface area contributed by atoms with E-state index in [1.807, 2.05) is 0 Å². The summed E-state index contributed by atoms with van der Waals surface area (Å²) in [5.74, 6) is 0.204. The summed E-state index contributed by atoms with van der Waals surface area (Å²) in [7, 11) is 0. The Labute approximate surface area is 125 Å². The number of nitrogens with one attached hydrogen (secondary N) is 1. The van der Waals surface area contributed by atoms with Crippen LogP contribution in [0, 0.1) is 5.92 Å². The third-order valence-corrected chi connectivity index (χ3v) is 4.08. The first-order chi connectivity index (χ1) is 10.3. The number of rotatable bonds is 1. The Morgan fingerprint density at radius 2 is 1.57 bits per heavy atom. The molecule has 0 aromatic heterocycles. The van der Waals surface area contributed by atoms with E-state index in [4.69, 9.17) is 0 Å². The van der Waals surface area contributed by atoms with Gasteiger partial charge in [0.25, 0.3) is 0 Å². The maximum atomic E-state index is 10.6. The molecule has 1 amide bonds. The van der Waals surface area contributed by atoms with Crippen LogP contribution in [0.4, 0.5) is 0 Å². The highest BCUT2D eigenvalue weighted by Gasteiger charge is 2.19. The van der Waals surface area contributed by atoms with Gasteiger partial charge in [-0.1, -0.05) is 54.6 Å². The highest BCUT2D eigenvalue weighted by Crippen LogP contribution is 2.35. The molecule has 0 saturated carbocycles. The number of benzene rings is 2. The Kier molecular flexibility index (Phi) is 3.87. The lowest BCUT2D eigenvalue weighted by molar-refractivity contribution is -0.121. The summed E-state index contributed by atoms with van der Waals surface area (Å²) in [4.78, 5) is 10.6. The van der Waals surface area contributed by atoms with Crippen LogP contribution in [0.1, 0.15) is 17.5 Å². The van der Waals surface area contributed by atoms with Crippen molar-refractivity contribution in [1.82, 2.24) is 5.32 Å². The highest BCUT2D eigenvalue weighted by atomic mass is 16.2. The summed E-state index contributed by atoms with van der Waals surface area (Å²) in [5, 5.41) is 2.71. The van der Waals surface area contributed by atoms with Crippen LogP contribution in [-0.2, 0) is 11.2 Å². The predicted octanol–water partition coefficient (Wildman–Crippen LogP) is 3.57. The van der Waals surface area contributed by atoms with Crippen molar-refractivity contribution in [2.75, 3.05) is 6.54 Å². The van der Waals surface area contributed by atoms with Crippen LogP contribution in [0.3, 0.4) is 0 Å². The van der Waals surface area contributed by atoms with Crippen molar-refractivity contribution in [1.29, 1.82) is 0 Å². The van der Waals surface area contributed by atoms with Gasteiger partial charge in [0.2, 0.25) is 5.91 Å². The van der Waals surface area contributed by atoms with Gasteiger partial charge >= 0.3 is 0 Å². The topological polar surface area (TPSA) is 29.1 Å². The van der Waals surface area contributed by atoms with E-state index in [2.05, 4.69) is 60.4 Å². The number of carbonyl (C=O) groups is 1. The fraction of sp³-hybridized carbons (Fsp3) is 0.211. The Bertz CT molecular complexity index is 631. The zero-order valence-electron chi connectivity index (χ0n) is 12.0. The first-order valence-corrected chi connectivity index (χ1v) is 7.36. The normalized spacial score (nSPS) is 18.1. The van der Waals surface area contributed by atoms with E-state index in [9.17, 15) is 4.79 Å². The molecule has 0 bridgehead atoms. The molecule has 1 N–H and O–H groups in total. The highest BCUT2D eigenvalue weighted by molar-refractivity contribution is 5.82. The fourth-order valence-electron chi connectivity index (χ4n) is 2.92. The Balaban J connectivity index is 0.000000143. The van der Waals surface area contributed by atoms with Gasteiger partial charge in [-0.15, -0.1) is 6.58 Å². The second-order valence-corrected chi connectivity index (χ2v) is 5.41. The minimum absolute atomic E-state index is 0.0787. The molecule has 2 nitrogen and oxygen atoms in total. The Morgan fingerprint density at radius 1 is 1.00 bits per heavy atom. The molecule has 1 heterocycles. The lowest BCUT2D eigenvalue weighted by Crippen LogP contribution is -2.17. The van der Waals surface area contributed by atoms with E-state index >= 15 is 0 Å². The molecule has 1 fully saturated rings. The molecule has 21 heavy (non-hydrogen) atoms. The number of fused-ring (bicyclic) bond motifs is 3. The Hall–Kier alpha value is -2.35. The number of carbonyl (C=O) groups excluding carboxylic acids is 1. The molecule has 1 unspecified atom stereocenters. The zero-order valence-corrected chi connectivity index (χ0v) is 12.0. The van der Waals surface area contributed by atoms with Crippen molar-refractivity contribution in [2.45, 2.75) is 12.8 Å². The van der Waals surface area contributed by atoms with Crippen LogP contribution in [-0.4, -0.2) is 12.5 Å². The third kappa shape index (κ3) is 2.75. The van der Waals surface area contributed by atoms with Gasteiger partial charge in [0.05, 0.1) is 5.92 Å². The van der Waals surface area contributed by atoms with E-state index in [0.29, 0.717) is 0 Å². The maximum Gasteiger partial charge on any atom is 0.226 e. The molecule has 0 spiro atoms. The smallest absolute Gasteiger partial charge is 0.226 e. The van der Waals surface area contributed by atoms with Crippen LogP contribution in [0.2, 0.25) is 0 Å². The van der Waals surface area contributed by atoms with Crippen molar-refractivity contribution in [3.05, 3.63) is 72.3 Å². The molecule has 1 aliphatic heterocycles.